The van der Waals surface area contributed by atoms with Crippen LogP contribution in [0.15, 0.2) is 77.7 Å². The van der Waals surface area contributed by atoms with Crippen molar-refractivity contribution < 1.29 is 22.4 Å². The molecule has 34 heavy (non-hydrogen) atoms. The van der Waals surface area contributed by atoms with Gasteiger partial charge in [-0.15, -0.1) is 0 Å². The third kappa shape index (κ3) is 5.99. The summed E-state index contributed by atoms with van der Waals surface area (Å²) in [5.74, 6) is -1.54. The quantitative estimate of drug-likeness (QED) is 0.479. The lowest BCUT2D eigenvalue weighted by molar-refractivity contribution is -0.114. The number of benzene rings is 3. The number of nitrogens with one attached hydrogen (secondary N) is 2. The van der Waals surface area contributed by atoms with Crippen LogP contribution in [0.2, 0.25) is 0 Å². The van der Waals surface area contributed by atoms with Crippen LogP contribution in [-0.4, -0.2) is 33.3 Å². The highest BCUT2D eigenvalue weighted by molar-refractivity contribution is 7.92. The molecule has 0 saturated heterocycles. The van der Waals surface area contributed by atoms with Crippen LogP contribution in [0.4, 0.5) is 15.8 Å². The second kappa shape index (κ2) is 10.9. The van der Waals surface area contributed by atoms with Gasteiger partial charge in [0.25, 0.3) is 15.9 Å². The smallest absolute Gasteiger partial charge is 0.264 e. The second-order valence-electron chi connectivity index (χ2n) is 7.65. The van der Waals surface area contributed by atoms with Crippen LogP contribution in [0.1, 0.15) is 29.3 Å². The Hall–Kier alpha value is -3.72. The Bertz CT molecular complexity index is 1260. The van der Waals surface area contributed by atoms with Crippen molar-refractivity contribution in [3.63, 3.8) is 0 Å². The topological polar surface area (TPSA) is 95.6 Å². The normalized spacial score (nSPS) is 11.0. The minimum atomic E-state index is -4.14. The third-order valence-corrected chi connectivity index (χ3v) is 6.78. The molecule has 0 fully saturated rings. The van der Waals surface area contributed by atoms with Crippen molar-refractivity contribution >= 4 is 33.2 Å². The van der Waals surface area contributed by atoms with Gasteiger partial charge in [0.05, 0.1) is 21.8 Å². The van der Waals surface area contributed by atoms with E-state index in [-0.39, 0.29) is 27.7 Å². The molecule has 3 aromatic rings. The maximum absolute atomic E-state index is 13.5. The Kier molecular flexibility index (Phi) is 8.01. The fraction of sp³-hybridized carbons (Fsp3) is 0.200. The lowest BCUT2D eigenvalue weighted by Gasteiger charge is -2.24. The first-order chi connectivity index (χ1) is 16.2. The lowest BCUT2D eigenvalue weighted by Crippen LogP contribution is -2.38. The molecular formula is C25H26FN3O4S. The number of hydrogen-bond acceptors (Lipinski definition) is 4. The van der Waals surface area contributed by atoms with E-state index in [0.29, 0.717) is 6.54 Å². The summed E-state index contributed by atoms with van der Waals surface area (Å²) in [6, 6.07) is 17.5. The molecule has 0 heterocycles. The summed E-state index contributed by atoms with van der Waals surface area (Å²) >= 11 is 0. The number of sulfonamides is 1. The summed E-state index contributed by atoms with van der Waals surface area (Å²) in [5.41, 5.74) is 1.53. The van der Waals surface area contributed by atoms with E-state index in [2.05, 4.69) is 10.6 Å². The van der Waals surface area contributed by atoms with Gasteiger partial charge in [-0.05, 0) is 61.9 Å². The van der Waals surface area contributed by atoms with E-state index in [0.717, 1.165) is 28.4 Å². The minimum absolute atomic E-state index is 0.00503. The highest BCUT2D eigenvalue weighted by atomic mass is 32.2. The number of carbonyl (C=O) groups excluding carboxylic acids is 2. The second-order valence-corrected chi connectivity index (χ2v) is 9.51. The molecule has 0 bridgehead atoms. The summed E-state index contributed by atoms with van der Waals surface area (Å²) in [6.45, 7) is 3.66. The zero-order chi connectivity index (χ0) is 24.7. The Morgan fingerprint density at radius 3 is 2.24 bits per heavy atom. The van der Waals surface area contributed by atoms with Gasteiger partial charge in [-0.2, -0.15) is 0 Å². The fourth-order valence-corrected chi connectivity index (χ4v) is 4.62. The zero-order valence-corrected chi connectivity index (χ0v) is 19.7. The lowest BCUT2D eigenvalue weighted by atomic mass is 10.1. The highest BCUT2D eigenvalue weighted by Gasteiger charge is 2.27. The molecule has 7 nitrogen and oxygen atoms in total. The summed E-state index contributed by atoms with van der Waals surface area (Å²) in [6.07, 6.45) is 0.754. The van der Waals surface area contributed by atoms with Gasteiger partial charge in [0, 0.05) is 6.54 Å². The summed E-state index contributed by atoms with van der Waals surface area (Å²) in [4.78, 5) is 25.4. The van der Waals surface area contributed by atoms with Gasteiger partial charge in [0.2, 0.25) is 5.91 Å². The van der Waals surface area contributed by atoms with E-state index in [1.807, 2.05) is 13.8 Å². The number of amides is 2. The average Bonchev–Trinajstić information content (AvgIpc) is 2.82. The zero-order valence-electron chi connectivity index (χ0n) is 18.9. The summed E-state index contributed by atoms with van der Waals surface area (Å²) in [7, 11) is -4.14. The third-order valence-electron chi connectivity index (χ3n) is 4.99. The van der Waals surface area contributed by atoms with Gasteiger partial charge in [-0.3, -0.25) is 13.9 Å². The molecule has 0 unspecified atom stereocenters. The molecule has 0 saturated carbocycles. The van der Waals surface area contributed by atoms with Crippen molar-refractivity contribution in [2.45, 2.75) is 25.2 Å². The van der Waals surface area contributed by atoms with Crippen LogP contribution in [0, 0.1) is 12.7 Å². The molecule has 0 radical (unpaired) electrons. The molecule has 0 aliphatic rings. The van der Waals surface area contributed by atoms with Crippen LogP contribution in [0.3, 0.4) is 0 Å². The van der Waals surface area contributed by atoms with Crippen LogP contribution in [0.5, 0.6) is 0 Å². The molecular weight excluding hydrogens is 457 g/mol. The van der Waals surface area contributed by atoms with Gasteiger partial charge in [-0.25, -0.2) is 12.8 Å². The number of hydrogen-bond donors (Lipinski definition) is 2. The van der Waals surface area contributed by atoms with Gasteiger partial charge in [0.15, 0.2) is 0 Å². The maximum Gasteiger partial charge on any atom is 0.264 e. The Morgan fingerprint density at radius 1 is 0.941 bits per heavy atom. The van der Waals surface area contributed by atoms with Crippen LogP contribution < -0.4 is 14.9 Å². The number of rotatable bonds is 9. The Balaban J connectivity index is 1.91. The first-order valence-electron chi connectivity index (χ1n) is 10.7. The molecule has 2 amide bonds. The molecule has 0 aromatic heterocycles. The molecule has 0 spiro atoms. The molecule has 3 aromatic carbocycles. The number of nitrogens with zero attached hydrogens (tertiary/aromatic N) is 1. The monoisotopic (exact) mass is 483 g/mol. The van der Waals surface area contributed by atoms with Crippen LogP contribution >= 0.6 is 0 Å². The number of para-hydroxylation sites is 1. The molecule has 2 N–H and O–H groups in total. The van der Waals surface area contributed by atoms with Crippen molar-refractivity contribution in [3.8, 4) is 0 Å². The van der Waals surface area contributed by atoms with E-state index in [9.17, 15) is 22.4 Å². The number of anilines is 2. The average molecular weight is 484 g/mol. The predicted octanol–water partition coefficient (Wildman–Crippen LogP) is 4.11. The highest BCUT2D eigenvalue weighted by Crippen LogP contribution is 2.25. The molecule has 178 valence electrons. The van der Waals surface area contributed by atoms with Crippen molar-refractivity contribution in [2.24, 2.45) is 0 Å². The summed E-state index contributed by atoms with van der Waals surface area (Å²) in [5, 5.41) is 5.38. The van der Waals surface area contributed by atoms with Crippen LogP contribution in [-0.2, 0) is 14.8 Å². The van der Waals surface area contributed by atoms with Gasteiger partial charge >= 0.3 is 0 Å². The first-order valence-corrected chi connectivity index (χ1v) is 12.2. The summed E-state index contributed by atoms with van der Waals surface area (Å²) < 4.78 is 41.2. The van der Waals surface area contributed by atoms with Crippen molar-refractivity contribution in [3.05, 3.63) is 89.7 Å². The van der Waals surface area contributed by atoms with E-state index in [1.165, 1.54) is 24.3 Å². The fourth-order valence-electron chi connectivity index (χ4n) is 3.20. The van der Waals surface area contributed by atoms with Crippen LogP contribution in [0.25, 0.3) is 0 Å². The van der Waals surface area contributed by atoms with E-state index in [4.69, 9.17) is 0 Å². The van der Waals surface area contributed by atoms with Crippen molar-refractivity contribution in [1.82, 2.24) is 5.32 Å². The Morgan fingerprint density at radius 2 is 1.59 bits per heavy atom. The van der Waals surface area contributed by atoms with Gasteiger partial charge in [-0.1, -0.05) is 36.8 Å². The Labute approximate surface area is 198 Å². The molecule has 0 aliphatic carbocycles. The largest absolute Gasteiger partial charge is 0.352 e. The SMILES string of the molecule is CCCNC(=O)c1ccccc1NC(=O)CN(c1ccc(F)cc1)S(=O)(=O)c1ccc(C)cc1. The predicted molar refractivity (Wildman–Crippen MR) is 130 cm³/mol. The van der Waals surface area contributed by atoms with E-state index in [1.54, 1.807) is 36.4 Å². The number of aryl methyl sites for hydroxylation is 1. The van der Waals surface area contributed by atoms with E-state index >= 15 is 0 Å². The number of carbonyl (C=O) groups is 2. The molecule has 0 atom stereocenters. The minimum Gasteiger partial charge on any atom is -0.352 e. The maximum atomic E-state index is 13.5. The van der Waals surface area contributed by atoms with Crippen molar-refractivity contribution in [2.75, 3.05) is 22.7 Å². The molecule has 3 rings (SSSR count). The van der Waals surface area contributed by atoms with Gasteiger partial charge < -0.3 is 10.6 Å². The standard InChI is InChI=1S/C25H26FN3O4S/c1-3-16-27-25(31)22-6-4-5-7-23(22)28-24(30)17-29(20-12-10-19(26)11-13-20)34(32,33)21-14-8-18(2)9-15-21/h4-15H,3,16-17H2,1-2H3,(H,27,31)(H,28,30). The first kappa shape index (κ1) is 24.9. The van der Waals surface area contributed by atoms with Crippen molar-refractivity contribution in [1.29, 1.82) is 0 Å². The van der Waals surface area contributed by atoms with Gasteiger partial charge in [0.1, 0.15) is 12.4 Å². The van der Waals surface area contributed by atoms with E-state index < -0.39 is 28.3 Å². The molecule has 0 aliphatic heterocycles. The molecule has 9 heteroatoms. The number of halogens is 1.